The predicted octanol–water partition coefficient (Wildman–Crippen LogP) is 5.13. The Morgan fingerprint density at radius 2 is 1.50 bits per heavy atom. The number of carbonyl (C=O) groups excluding carboxylic acids is 2. The summed E-state index contributed by atoms with van der Waals surface area (Å²) in [5.74, 6) is -1.50. The molecule has 0 radical (unpaired) electrons. The highest BCUT2D eigenvalue weighted by Gasteiger charge is 2.43. The number of hydrogen-bond acceptors (Lipinski definition) is 6. The van der Waals surface area contributed by atoms with E-state index in [1.54, 1.807) is 0 Å². The number of aromatic nitrogens is 2. The number of rotatable bonds is 4. The average molecular weight is 558 g/mol. The molecule has 14 heteroatoms. The molecule has 1 aromatic heterocycles. The number of hydrogen-bond donors (Lipinski definition) is 1. The van der Waals surface area contributed by atoms with Crippen molar-refractivity contribution in [3.05, 3.63) is 49.2 Å². The van der Waals surface area contributed by atoms with Crippen LogP contribution in [0.5, 0.6) is 0 Å². The Balaban J connectivity index is 1.43. The summed E-state index contributed by atoms with van der Waals surface area (Å²) < 4.78 is 38.8. The van der Waals surface area contributed by atoms with Crippen LogP contribution in [-0.2, 0) is 6.18 Å². The number of fused-ring (bicyclic) bond motifs is 1. The Kier molecular flexibility index (Phi) is 6.67. The molecule has 1 fully saturated rings. The third-order valence-electron chi connectivity index (χ3n) is 5.90. The van der Waals surface area contributed by atoms with Gasteiger partial charge in [0, 0.05) is 25.8 Å². The molecule has 0 spiro atoms. The van der Waals surface area contributed by atoms with E-state index in [0.717, 1.165) is 17.2 Å². The van der Waals surface area contributed by atoms with Crippen molar-refractivity contribution >= 4 is 64.2 Å². The Hall–Kier alpha value is -1.85. The van der Waals surface area contributed by atoms with Crippen LogP contribution in [0.4, 0.5) is 19.1 Å². The van der Waals surface area contributed by atoms with Gasteiger partial charge in [-0.25, -0.2) is 9.97 Å². The summed E-state index contributed by atoms with van der Waals surface area (Å²) in [5, 5.41) is 10.3. The van der Waals surface area contributed by atoms with Crippen molar-refractivity contribution in [2.45, 2.75) is 31.0 Å². The zero-order valence-corrected chi connectivity index (χ0v) is 20.1. The lowest BCUT2D eigenvalue weighted by atomic mass is 9.88. The standard InChI is InChI=1S/C20H15Cl4F3N4O3/c21-12-10-11(13(22)15(24)14(12)23)17(33)31(16(10)32)8-4-19(34)2-6-30(7-3-19)18-28-5-1-9(29-18)20(25,26)27/h1,5,34H,2-4,6-8H2. The van der Waals surface area contributed by atoms with Crippen molar-refractivity contribution in [3.8, 4) is 0 Å². The number of anilines is 1. The average Bonchev–Trinajstić information content (AvgIpc) is 3.04. The van der Waals surface area contributed by atoms with Crippen molar-refractivity contribution in [1.82, 2.24) is 14.9 Å². The first-order valence-electron chi connectivity index (χ1n) is 9.94. The van der Waals surface area contributed by atoms with Gasteiger partial charge in [0.15, 0.2) is 0 Å². The highest BCUT2D eigenvalue weighted by molar-refractivity contribution is 6.55. The van der Waals surface area contributed by atoms with Crippen LogP contribution in [0.25, 0.3) is 0 Å². The lowest BCUT2D eigenvalue weighted by Gasteiger charge is -2.38. The molecule has 2 amide bonds. The first-order valence-corrected chi connectivity index (χ1v) is 11.4. The van der Waals surface area contributed by atoms with Gasteiger partial charge in [-0.05, 0) is 25.3 Å². The van der Waals surface area contributed by atoms with Crippen molar-refractivity contribution < 1.29 is 27.9 Å². The molecule has 4 rings (SSSR count). The molecule has 0 atom stereocenters. The van der Waals surface area contributed by atoms with Gasteiger partial charge in [-0.15, -0.1) is 0 Å². The van der Waals surface area contributed by atoms with E-state index in [4.69, 9.17) is 46.4 Å². The van der Waals surface area contributed by atoms with Gasteiger partial charge in [0.25, 0.3) is 11.8 Å². The van der Waals surface area contributed by atoms with Crippen LogP contribution in [0.15, 0.2) is 12.3 Å². The van der Waals surface area contributed by atoms with Gasteiger partial charge in [0.2, 0.25) is 5.95 Å². The molecule has 0 unspecified atom stereocenters. The van der Waals surface area contributed by atoms with Crippen molar-refractivity contribution in [2.24, 2.45) is 0 Å². The van der Waals surface area contributed by atoms with Crippen LogP contribution >= 0.6 is 46.4 Å². The van der Waals surface area contributed by atoms with Gasteiger partial charge in [0.1, 0.15) is 5.69 Å². The summed E-state index contributed by atoms with van der Waals surface area (Å²) in [6, 6.07) is 0.782. The molecule has 1 aromatic carbocycles. The van der Waals surface area contributed by atoms with Gasteiger partial charge in [-0.3, -0.25) is 14.5 Å². The Morgan fingerprint density at radius 1 is 0.971 bits per heavy atom. The molecule has 0 saturated carbocycles. The minimum Gasteiger partial charge on any atom is -0.390 e. The number of piperidine rings is 1. The fraction of sp³-hybridized carbons (Fsp3) is 0.400. The molecular formula is C20H15Cl4F3N4O3. The highest BCUT2D eigenvalue weighted by Crippen LogP contribution is 2.45. The molecule has 182 valence electrons. The number of aliphatic hydroxyl groups is 1. The van der Waals surface area contributed by atoms with Crippen molar-refractivity contribution in [1.29, 1.82) is 0 Å². The van der Waals surface area contributed by atoms with Gasteiger partial charge < -0.3 is 10.0 Å². The third kappa shape index (κ3) is 4.42. The van der Waals surface area contributed by atoms with E-state index >= 15 is 0 Å². The number of carbonyl (C=O) groups is 2. The normalized spacial score (nSPS) is 18.0. The number of amides is 2. The minimum absolute atomic E-state index is 0.0342. The third-order valence-corrected chi connectivity index (χ3v) is 7.70. The maximum absolute atomic E-state index is 12.9. The smallest absolute Gasteiger partial charge is 0.390 e. The van der Waals surface area contributed by atoms with Crippen LogP contribution < -0.4 is 4.90 Å². The first-order chi connectivity index (χ1) is 15.8. The first kappa shape index (κ1) is 25.2. The quantitative estimate of drug-likeness (QED) is 0.319. The molecule has 3 heterocycles. The summed E-state index contributed by atoms with van der Waals surface area (Å²) in [5.41, 5.74) is -2.61. The fourth-order valence-corrected chi connectivity index (χ4v) is 4.96. The zero-order chi connectivity index (χ0) is 25.0. The molecule has 2 aromatic rings. The van der Waals surface area contributed by atoms with E-state index in [1.165, 1.54) is 4.90 Å². The second kappa shape index (κ2) is 8.98. The van der Waals surface area contributed by atoms with Crippen molar-refractivity contribution in [2.75, 3.05) is 24.5 Å². The fourth-order valence-electron chi connectivity index (χ4n) is 3.95. The monoisotopic (exact) mass is 556 g/mol. The number of halogens is 7. The lowest BCUT2D eigenvalue weighted by molar-refractivity contribution is -0.141. The van der Waals surface area contributed by atoms with Crippen LogP contribution in [-0.4, -0.2) is 57.0 Å². The second-order valence-electron chi connectivity index (χ2n) is 7.97. The Morgan fingerprint density at radius 3 is 2.00 bits per heavy atom. The van der Waals surface area contributed by atoms with Crippen LogP contribution in [0.2, 0.25) is 20.1 Å². The van der Waals surface area contributed by atoms with Crippen LogP contribution in [0, 0.1) is 0 Å². The number of benzene rings is 1. The van der Waals surface area contributed by atoms with E-state index in [1.807, 2.05) is 0 Å². The number of nitrogens with zero attached hydrogens (tertiary/aromatic N) is 4. The van der Waals surface area contributed by atoms with Gasteiger partial charge in [-0.2, -0.15) is 13.2 Å². The SMILES string of the molecule is O=C1c2c(Cl)c(Cl)c(Cl)c(Cl)c2C(=O)N1CCC1(O)CCN(c2nccc(C(F)(F)F)n2)CC1. The van der Waals surface area contributed by atoms with E-state index in [0.29, 0.717) is 0 Å². The summed E-state index contributed by atoms with van der Waals surface area (Å²) in [4.78, 5) is 35.6. The van der Waals surface area contributed by atoms with Crippen molar-refractivity contribution in [3.63, 3.8) is 0 Å². The number of imide groups is 1. The van der Waals surface area contributed by atoms with Gasteiger partial charge in [-0.1, -0.05) is 46.4 Å². The lowest BCUT2D eigenvalue weighted by Crippen LogP contribution is -2.47. The molecule has 0 bridgehead atoms. The molecule has 0 aliphatic carbocycles. The summed E-state index contributed by atoms with van der Waals surface area (Å²) in [6.07, 6.45) is -3.21. The summed E-state index contributed by atoms with van der Waals surface area (Å²) in [6.45, 7) is 0.233. The van der Waals surface area contributed by atoms with Gasteiger partial charge in [0.05, 0.1) is 36.8 Å². The predicted molar refractivity (Wildman–Crippen MR) is 120 cm³/mol. The van der Waals surface area contributed by atoms with E-state index in [2.05, 4.69) is 9.97 Å². The van der Waals surface area contributed by atoms with Gasteiger partial charge >= 0.3 is 6.18 Å². The molecule has 1 saturated heterocycles. The molecule has 1 N–H and O–H groups in total. The molecule has 2 aliphatic rings. The van der Waals surface area contributed by atoms with Crippen LogP contribution in [0.3, 0.4) is 0 Å². The number of alkyl halides is 3. The Bertz CT molecular complexity index is 1140. The summed E-state index contributed by atoms with van der Waals surface area (Å²) >= 11 is 24.2. The van der Waals surface area contributed by atoms with E-state index in [9.17, 15) is 27.9 Å². The largest absolute Gasteiger partial charge is 0.433 e. The molecule has 2 aliphatic heterocycles. The molecule has 7 nitrogen and oxygen atoms in total. The highest BCUT2D eigenvalue weighted by atomic mass is 35.5. The zero-order valence-electron chi connectivity index (χ0n) is 17.1. The Labute approximate surface area is 211 Å². The topological polar surface area (TPSA) is 86.6 Å². The maximum atomic E-state index is 12.9. The maximum Gasteiger partial charge on any atom is 0.433 e. The van der Waals surface area contributed by atoms with E-state index in [-0.39, 0.29) is 76.1 Å². The van der Waals surface area contributed by atoms with E-state index < -0.39 is 29.3 Å². The van der Waals surface area contributed by atoms with Crippen LogP contribution in [0.1, 0.15) is 45.7 Å². The second-order valence-corrected chi connectivity index (χ2v) is 9.48. The minimum atomic E-state index is -4.60. The molecule has 34 heavy (non-hydrogen) atoms. The molecular weight excluding hydrogens is 543 g/mol. The summed E-state index contributed by atoms with van der Waals surface area (Å²) in [7, 11) is 0.